The van der Waals surface area contributed by atoms with Crippen molar-refractivity contribution in [2.24, 2.45) is 0 Å². The summed E-state index contributed by atoms with van der Waals surface area (Å²) in [6, 6.07) is 4.23. The van der Waals surface area contributed by atoms with Gasteiger partial charge in [0.05, 0.1) is 11.7 Å². The highest BCUT2D eigenvalue weighted by Gasteiger charge is 2.00. The number of aromatic nitrogens is 2. The monoisotopic (exact) mass is 208 g/mol. The predicted molar refractivity (Wildman–Crippen MR) is 70.4 cm³/mol. The third kappa shape index (κ3) is 3.08. The minimum absolute atomic E-state index is 0. The van der Waals surface area contributed by atoms with Crippen LogP contribution in [0.1, 0.15) is 40.2 Å². The van der Waals surface area contributed by atoms with E-state index in [0.717, 1.165) is 5.52 Å². The lowest BCUT2D eigenvalue weighted by Crippen LogP contribution is -1.78. The Morgan fingerprint density at radius 3 is 2.07 bits per heavy atom. The maximum absolute atomic E-state index is 4.00. The van der Waals surface area contributed by atoms with Crippen molar-refractivity contribution in [3.05, 3.63) is 29.5 Å². The van der Waals surface area contributed by atoms with E-state index in [2.05, 4.69) is 36.2 Å². The first-order valence-electron chi connectivity index (χ1n) is 5.68. The van der Waals surface area contributed by atoms with Gasteiger partial charge in [-0.1, -0.05) is 39.8 Å². The lowest BCUT2D eigenvalue weighted by Gasteiger charge is -1.96. The van der Waals surface area contributed by atoms with Crippen LogP contribution in [0.3, 0.4) is 0 Å². The first-order chi connectivity index (χ1) is 7.29. The zero-order valence-corrected chi connectivity index (χ0v) is 10.7. The van der Waals surface area contributed by atoms with E-state index >= 15 is 0 Å². The fraction of sp³-hybridized carbons (Fsp3) is 0.462. The van der Waals surface area contributed by atoms with Crippen molar-refractivity contribution in [1.29, 1.82) is 0 Å². The number of benzene rings is 1. The Kier molecular flexibility index (Phi) is 6.43. The number of hydrogen-bond acceptors (Lipinski definition) is 1. The smallest absolute Gasteiger partial charge is 0.0682 e. The van der Waals surface area contributed by atoms with Crippen LogP contribution < -0.4 is 0 Å². The molecule has 0 aliphatic rings. The number of hydrogen-bond donors (Lipinski definition) is 1. The van der Waals surface area contributed by atoms with E-state index in [1.807, 2.05) is 33.9 Å². The maximum Gasteiger partial charge on any atom is 0.0682 e. The van der Waals surface area contributed by atoms with Crippen molar-refractivity contribution in [1.82, 2.24) is 10.2 Å². The van der Waals surface area contributed by atoms with Crippen molar-refractivity contribution < 1.29 is 1.43 Å². The molecule has 0 radical (unpaired) electrons. The molecule has 1 N–H and O–H groups in total. The number of aromatic amines is 1. The lowest BCUT2D eigenvalue weighted by molar-refractivity contribution is 1.11. The van der Waals surface area contributed by atoms with Crippen LogP contribution in [0.4, 0.5) is 0 Å². The van der Waals surface area contributed by atoms with Crippen LogP contribution in [0, 0.1) is 13.8 Å². The normalized spacial score (nSPS) is 8.67. The summed E-state index contributed by atoms with van der Waals surface area (Å²) < 4.78 is 0. The van der Waals surface area contributed by atoms with E-state index in [0.29, 0.717) is 0 Å². The summed E-state index contributed by atoms with van der Waals surface area (Å²) in [7, 11) is 0. The highest BCUT2D eigenvalue weighted by molar-refractivity contribution is 5.84. The third-order valence-electron chi connectivity index (χ3n) is 2.04. The molecule has 0 aliphatic heterocycles. The van der Waals surface area contributed by atoms with Crippen LogP contribution in [0.15, 0.2) is 18.3 Å². The minimum Gasteiger partial charge on any atom is -0.278 e. The van der Waals surface area contributed by atoms with E-state index in [4.69, 9.17) is 0 Å². The Labute approximate surface area is 94.2 Å². The van der Waals surface area contributed by atoms with Crippen molar-refractivity contribution in [2.75, 3.05) is 0 Å². The molecular formula is C13H24N2. The maximum atomic E-state index is 4.00. The number of nitrogens with zero attached hydrogens (tertiary/aromatic N) is 1. The van der Waals surface area contributed by atoms with Gasteiger partial charge in [0.25, 0.3) is 0 Å². The van der Waals surface area contributed by atoms with Crippen LogP contribution >= 0.6 is 0 Å². The quantitative estimate of drug-likeness (QED) is 0.679. The molecule has 0 atom stereocenters. The second-order valence-electron chi connectivity index (χ2n) is 2.86. The number of rotatable bonds is 0. The lowest BCUT2D eigenvalue weighted by atomic mass is 10.1. The topological polar surface area (TPSA) is 28.7 Å². The molecule has 2 heteroatoms. The van der Waals surface area contributed by atoms with E-state index in [1.54, 1.807) is 0 Å². The number of aryl methyl sites for hydroxylation is 2. The zero-order chi connectivity index (χ0) is 11.8. The minimum atomic E-state index is 0. The largest absolute Gasteiger partial charge is 0.278 e. The van der Waals surface area contributed by atoms with Gasteiger partial charge in [0.1, 0.15) is 0 Å². The van der Waals surface area contributed by atoms with Crippen LogP contribution in [0.25, 0.3) is 10.9 Å². The Bertz CT molecular complexity index is 358. The summed E-state index contributed by atoms with van der Waals surface area (Å²) in [5.41, 5.74) is 3.69. The van der Waals surface area contributed by atoms with Gasteiger partial charge < -0.3 is 0 Å². The van der Waals surface area contributed by atoms with Gasteiger partial charge >= 0.3 is 0 Å². The zero-order valence-electron chi connectivity index (χ0n) is 10.7. The Balaban J connectivity index is 0. The SMILES string of the molecule is CC.CC.Cc1ccc(C)c2[nH]ncc12.[HH]. The molecule has 0 bridgehead atoms. The highest BCUT2D eigenvalue weighted by Crippen LogP contribution is 2.18. The van der Waals surface area contributed by atoms with E-state index in [-0.39, 0.29) is 1.43 Å². The fourth-order valence-electron chi connectivity index (χ4n) is 1.31. The van der Waals surface area contributed by atoms with Crippen LogP contribution in [0.2, 0.25) is 0 Å². The number of nitrogens with one attached hydrogen (secondary N) is 1. The van der Waals surface area contributed by atoms with Gasteiger partial charge in [-0.3, -0.25) is 5.10 Å². The Morgan fingerprint density at radius 1 is 1.00 bits per heavy atom. The summed E-state index contributed by atoms with van der Waals surface area (Å²) in [5.74, 6) is 0. The van der Waals surface area contributed by atoms with Crippen LogP contribution in [-0.4, -0.2) is 10.2 Å². The highest BCUT2D eigenvalue weighted by atomic mass is 15.1. The molecule has 0 unspecified atom stereocenters. The van der Waals surface area contributed by atoms with Gasteiger partial charge in [-0.25, -0.2) is 0 Å². The van der Waals surface area contributed by atoms with Gasteiger partial charge in [-0.05, 0) is 25.0 Å². The van der Waals surface area contributed by atoms with E-state index in [9.17, 15) is 0 Å². The summed E-state index contributed by atoms with van der Waals surface area (Å²) in [6.45, 7) is 12.2. The molecule has 1 aromatic heterocycles. The van der Waals surface area contributed by atoms with Crippen LogP contribution in [-0.2, 0) is 0 Å². The molecule has 15 heavy (non-hydrogen) atoms. The molecule has 0 amide bonds. The van der Waals surface area contributed by atoms with Crippen molar-refractivity contribution in [3.8, 4) is 0 Å². The average Bonchev–Trinajstić information content (AvgIpc) is 2.79. The van der Waals surface area contributed by atoms with Gasteiger partial charge in [-0.2, -0.15) is 5.10 Å². The molecule has 2 nitrogen and oxygen atoms in total. The van der Waals surface area contributed by atoms with Crippen LogP contribution in [0.5, 0.6) is 0 Å². The predicted octanol–water partition coefficient (Wildman–Crippen LogP) is 4.48. The number of fused-ring (bicyclic) bond motifs is 1. The standard InChI is InChI=1S/C9H10N2.2C2H6.H2/c1-6-3-4-7(2)9-8(6)5-10-11-9;2*1-2;/h3-5H,1-2H3,(H,10,11);2*1-2H3;1H. The molecule has 2 rings (SSSR count). The second kappa shape index (κ2) is 7.04. The summed E-state index contributed by atoms with van der Waals surface area (Å²) in [5, 5.41) is 8.20. The molecule has 1 aromatic carbocycles. The Hall–Kier alpha value is -1.31. The molecular weight excluding hydrogens is 184 g/mol. The molecule has 86 valence electrons. The Morgan fingerprint density at radius 2 is 1.53 bits per heavy atom. The fourth-order valence-corrected chi connectivity index (χ4v) is 1.31. The van der Waals surface area contributed by atoms with Crippen molar-refractivity contribution in [2.45, 2.75) is 41.5 Å². The summed E-state index contributed by atoms with van der Waals surface area (Å²) in [6.07, 6.45) is 1.87. The second-order valence-corrected chi connectivity index (χ2v) is 2.86. The molecule has 1 heterocycles. The van der Waals surface area contributed by atoms with Crippen molar-refractivity contribution in [3.63, 3.8) is 0 Å². The van der Waals surface area contributed by atoms with Crippen molar-refractivity contribution >= 4 is 10.9 Å². The molecule has 0 spiro atoms. The molecule has 0 saturated carbocycles. The average molecular weight is 208 g/mol. The molecule has 0 fully saturated rings. The molecule has 0 saturated heterocycles. The van der Waals surface area contributed by atoms with Gasteiger partial charge in [0.15, 0.2) is 0 Å². The third-order valence-corrected chi connectivity index (χ3v) is 2.04. The van der Waals surface area contributed by atoms with Gasteiger partial charge in [0.2, 0.25) is 0 Å². The molecule has 0 aliphatic carbocycles. The first kappa shape index (κ1) is 13.7. The number of H-pyrrole nitrogens is 1. The first-order valence-corrected chi connectivity index (χ1v) is 5.68. The molecule has 2 aromatic rings. The van der Waals surface area contributed by atoms with Gasteiger partial charge in [-0.15, -0.1) is 0 Å². The van der Waals surface area contributed by atoms with E-state index in [1.165, 1.54) is 16.5 Å². The van der Waals surface area contributed by atoms with E-state index < -0.39 is 0 Å². The van der Waals surface area contributed by atoms with Gasteiger partial charge in [0, 0.05) is 6.81 Å². The summed E-state index contributed by atoms with van der Waals surface area (Å²) >= 11 is 0. The summed E-state index contributed by atoms with van der Waals surface area (Å²) in [4.78, 5) is 0.